The van der Waals surface area contributed by atoms with Gasteiger partial charge in [-0.2, -0.15) is 13.2 Å². The van der Waals surface area contributed by atoms with Crippen molar-refractivity contribution in [1.29, 1.82) is 0 Å². The standard InChI is InChI=1S/C11H18N.CHF3O3S/c1-10(12(2,3)4)11-8-6-5-7-9-11;2-1(3,4)8(5,6)7/h5-10H,1-4H3;(H,5,6,7)/q+1;/p-1. The van der Waals surface area contributed by atoms with Gasteiger partial charge in [0.1, 0.15) is 6.04 Å². The van der Waals surface area contributed by atoms with Crippen molar-refractivity contribution < 1.29 is 30.6 Å². The minimum atomic E-state index is -6.09. The molecule has 1 rings (SSSR count). The van der Waals surface area contributed by atoms with Gasteiger partial charge in [-0.25, -0.2) is 8.42 Å². The van der Waals surface area contributed by atoms with Crippen molar-refractivity contribution in [3.8, 4) is 0 Å². The molecule has 1 atom stereocenters. The Labute approximate surface area is 117 Å². The number of hydrogen-bond acceptors (Lipinski definition) is 3. The van der Waals surface area contributed by atoms with Gasteiger partial charge >= 0.3 is 5.51 Å². The fourth-order valence-electron chi connectivity index (χ4n) is 1.18. The number of rotatable bonds is 2. The van der Waals surface area contributed by atoms with E-state index in [2.05, 4.69) is 58.4 Å². The van der Waals surface area contributed by atoms with Crippen molar-refractivity contribution in [1.82, 2.24) is 0 Å². The van der Waals surface area contributed by atoms with Gasteiger partial charge in [0.05, 0.1) is 21.1 Å². The normalized spacial score (nSPS) is 14.2. The van der Waals surface area contributed by atoms with Gasteiger partial charge in [-0.15, -0.1) is 0 Å². The summed E-state index contributed by atoms with van der Waals surface area (Å²) < 4.78 is 59.9. The quantitative estimate of drug-likeness (QED) is 0.479. The van der Waals surface area contributed by atoms with Crippen molar-refractivity contribution in [2.75, 3.05) is 21.1 Å². The van der Waals surface area contributed by atoms with E-state index < -0.39 is 15.6 Å². The summed E-state index contributed by atoms with van der Waals surface area (Å²) >= 11 is 0. The van der Waals surface area contributed by atoms with Gasteiger partial charge in [-0.3, -0.25) is 0 Å². The van der Waals surface area contributed by atoms with Crippen molar-refractivity contribution in [3.63, 3.8) is 0 Å². The molecule has 0 radical (unpaired) electrons. The summed E-state index contributed by atoms with van der Waals surface area (Å²) in [5.74, 6) is 0. The van der Waals surface area contributed by atoms with Crippen LogP contribution < -0.4 is 0 Å². The van der Waals surface area contributed by atoms with Crippen LogP contribution in [0.4, 0.5) is 13.2 Å². The molecule has 0 amide bonds. The maximum absolute atomic E-state index is 10.7. The minimum Gasteiger partial charge on any atom is -0.741 e. The lowest BCUT2D eigenvalue weighted by molar-refractivity contribution is -0.900. The van der Waals surface area contributed by atoms with Gasteiger partial charge in [0.2, 0.25) is 0 Å². The topological polar surface area (TPSA) is 57.2 Å². The summed E-state index contributed by atoms with van der Waals surface area (Å²) in [6, 6.07) is 11.2. The van der Waals surface area contributed by atoms with Gasteiger partial charge in [0.15, 0.2) is 10.1 Å². The number of benzene rings is 1. The van der Waals surface area contributed by atoms with E-state index in [4.69, 9.17) is 13.0 Å². The number of alkyl halides is 3. The SMILES string of the molecule is CC(c1ccccc1)[N+](C)(C)C.O=S(=O)([O-])C(F)(F)F. The molecule has 0 heterocycles. The average Bonchev–Trinajstić information content (AvgIpc) is 2.26. The predicted molar refractivity (Wildman–Crippen MR) is 68.6 cm³/mol. The molecule has 0 fully saturated rings. The van der Waals surface area contributed by atoms with Gasteiger partial charge in [0, 0.05) is 5.56 Å². The van der Waals surface area contributed by atoms with Crippen LogP contribution in [0.25, 0.3) is 0 Å². The Bertz CT molecular complexity index is 507. The molecule has 0 bridgehead atoms. The molecule has 0 N–H and O–H groups in total. The molecule has 1 aromatic carbocycles. The van der Waals surface area contributed by atoms with E-state index in [0.717, 1.165) is 4.48 Å². The summed E-state index contributed by atoms with van der Waals surface area (Å²) in [6.07, 6.45) is 0. The Balaban J connectivity index is 0.000000396. The largest absolute Gasteiger partial charge is 0.741 e. The maximum atomic E-state index is 10.7. The molecule has 116 valence electrons. The van der Waals surface area contributed by atoms with E-state index in [-0.39, 0.29) is 0 Å². The third kappa shape index (κ3) is 6.36. The second-order valence-corrected chi connectivity index (χ2v) is 6.47. The van der Waals surface area contributed by atoms with Crippen LogP contribution in [-0.2, 0) is 10.1 Å². The minimum absolute atomic E-state index is 0.561. The monoisotopic (exact) mass is 313 g/mol. The molecular weight excluding hydrogens is 295 g/mol. The molecule has 0 spiro atoms. The summed E-state index contributed by atoms with van der Waals surface area (Å²) in [5, 5.41) is 0. The fraction of sp³-hybridized carbons (Fsp3) is 0.500. The Morgan fingerprint density at radius 1 is 1.10 bits per heavy atom. The molecular formula is C12H18F3NO3S. The molecule has 8 heteroatoms. The van der Waals surface area contributed by atoms with Crippen LogP contribution in [0.2, 0.25) is 0 Å². The number of halogens is 3. The van der Waals surface area contributed by atoms with Crippen LogP contribution in [0.5, 0.6) is 0 Å². The molecule has 0 saturated carbocycles. The molecule has 0 aliphatic rings. The van der Waals surface area contributed by atoms with E-state index in [0.29, 0.717) is 6.04 Å². The number of nitrogens with zero attached hydrogens (tertiary/aromatic N) is 1. The first kappa shape index (κ1) is 18.9. The van der Waals surface area contributed by atoms with E-state index in [1.807, 2.05) is 0 Å². The smallest absolute Gasteiger partial charge is 0.485 e. The summed E-state index contributed by atoms with van der Waals surface area (Å²) in [6.45, 7) is 2.26. The third-order valence-corrected chi connectivity index (χ3v) is 3.29. The average molecular weight is 313 g/mol. The number of hydrogen-bond donors (Lipinski definition) is 0. The zero-order valence-corrected chi connectivity index (χ0v) is 12.5. The second kappa shape index (κ2) is 6.55. The van der Waals surface area contributed by atoms with Crippen LogP contribution in [-0.4, -0.2) is 44.1 Å². The summed E-state index contributed by atoms with van der Waals surface area (Å²) in [5.41, 5.74) is -4.24. The van der Waals surface area contributed by atoms with E-state index in [1.54, 1.807) is 0 Å². The van der Waals surface area contributed by atoms with Crippen LogP contribution >= 0.6 is 0 Å². The predicted octanol–water partition coefficient (Wildman–Crippen LogP) is 2.51. The molecule has 1 unspecified atom stereocenters. The first-order valence-electron chi connectivity index (χ1n) is 5.65. The first-order chi connectivity index (χ1) is 8.77. The maximum Gasteiger partial charge on any atom is 0.485 e. The van der Waals surface area contributed by atoms with Crippen molar-refractivity contribution in [3.05, 3.63) is 35.9 Å². The highest BCUT2D eigenvalue weighted by molar-refractivity contribution is 7.86. The first-order valence-corrected chi connectivity index (χ1v) is 7.06. The van der Waals surface area contributed by atoms with Gasteiger partial charge in [-0.05, 0) is 6.92 Å². The van der Waals surface area contributed by atoms with Crippen LogP contribution in [0.3, 0.4) is 0 Å². The van der Waals surface area contributed by atoms with Crippen LogP contribution in [0.15, 0.2) is 30.3 Å². The molecule has 4 nitrogen and oxygen atoms in total. The van der Waals surface area contributed by atoms with Gasteiger partial charge in [-0.1, -0.05) is 30.3 Å². The summed E-state index contributed by atoms with van der Waals surface area (Å²) in [4.78, 5) is 0. The molecule has 1 aromatic rings. The second-order valence-electron chi connectivity index (χ2n) is 5.10. The zero-order valence-electron chi connectivity index (χ0n) is 11.7. The van der Waals surface area contributed by atoms with E-state index >= 15 is 0 Å². The van der Waals surface area contributed by atoms with Crippen LogP contribution in [0.1, 0.15) is 18.5 Å². The highest BCUT2D eigenvalue weighted by Crippen LogP contribution is 2.21. The Hall–Kier alpha value is -1.12. The Morgan fingerprint density at radius 2 is 1.45 bits per heavy atom. The van der Waals surface area contributed by atoms with E-state index in [1.165, 1.54) is 5.56 Å². The molecule has 0 aromatic heterocycles. The molecule has 20 heavy (non-hydrogen) atoms. The molecule has 0 aliphatic heterocycles. The Morgan fingerprint density at radius 3 is 1.70 bits per heavy atom. The van der Waals surface area contributed by atoms with Crippen molar-refractivity contribution in [2.45, 2.75) is 18.5 Å². The van der Waals surface area contributed by atoms with Crippen molar-refractivity contribution >= 4 is 10.1 Å². The molecule has 0 saturated heterocycles. The highest BCUT2D eigenvalue weighted by atomic mass is 32.2. The lowest BCUT2D eigenvalue weighted by Gasteiger charge is -2.31. The number of quaternary nitrogens is 1. The van der Waals surface area contributed by atoms with Gasteiger partial charge < -0.3 is 9.04 Å². The lowest BCUT2D eigenvalue weighted by Crippen LogP contribution is -2.37. The lowest BCUT2D eigenvalue weighted by atomic mass is 10.1. The zero-order chi connectivity index (χ0) is 16.2. The fourth-order valence-corrected chi connectivity index (χ4v) is 1.18. The third-order valence-electron chi connectivity index (χ3n) is 2.73. The summed E-state index contributed by atoms with van der Waals surface area (Å²) in [7, 11) is 0.569. The Kier molecular flexibility index (Phi) is 6.19. The van der Waals surface area contributed by atoms with Crippen molar-refractivity contribution in [2.24, 2.45) is 0 Å². The van der Waals surface area contributed by atoms with Gasteiger partial charge in [0.25, 0.3) is 0 Å². The van der Waals surface area contributed by atoms with E-state index in [9.17, 15) is 13.2 Å². The molecule has 0 aliphatic carbocycles. The highest BCUT2D eigenvalue weighted by Gasteiger charge is 2.36. The van der Waals surface area contributed by atoms with Crippen LogP contribution in [0, 0.1) is 0 Å².